The second-order valence-electron chi connectivity index (χ2n) is 3.85. The molecule has 1 N–H and O–H groups in total. The van der Waals surface area contributed by atoms with E-state index in [2.05, 4.69) is 48.3 Å². The van der Waals surface area contributed by atoms with Crippen molar-refractivity contribution < 1.29 is 0 Å². The van der Waals surface area contributed by atoms with Crippen LogP contribution in [-0.2, 0) is 6.42 Å². The standard InChI is InChI=1S/C14H17N/c1-2-3-7-13-10-11-15-14(13)12-8-5-4-6-9-12/h4-6,8-11,15H,2-3,7H2,1H3. The molecular weight excluding hydrogens is 182 g/mol. The molecule has 1 nitrogen and oxygen atoms in total. The zero-order valence-corrected chi connectivity index (χ0v) is 9.16. The summed E-state index contributed by atoms with van der Waals surface area (Å²) in [6, 6.07) is 12.7. The molecular formula is C14H17N. The molecule has 2 aromatic rings. The van der Waals surface area contributed by atoms with Crippen molar-refractivity contribution >= 4 is 0 Å². The summed E-state index contributed by atoms with van der Waals surface area (Å²) in [7, 11) is 0. The van der Waals surface area contributed by atoms with Gasteiger partial charge in [0.05, 0.1) is 0 Å². The lowest BCUT2D eigenvalue weighted by molar-refractivity contribution is 0.797. The first kappa shape index (κ1) is 10.0. The van der Waals surface area contributed by atoms with Gasteiger partial charge in [-0.1, -0.05) is 43.7 Å². The molecule has 0 radical (unpaired) electrons. The van der Waals surface area contributed by atoms with Crippen LogP contribution in [0.4, 0.5) is 0 Å². The largest absolute Gasteiger partial charge is 0.361 e. The van der Waals surface area contributed by atoms with Crippen molar-refractivity contribution in [1.29, 1.82) is 0 Å². The molecule has 1 heterocycles. The van der Waals surface area contributed by atoms with Gasteiger partial charge in [-0.25, -0.2) is 0 Å². The monoisotopic (exact) mass is 199 g/mol. The molecule has 0 spiro atoms. The van der Waals surface area contributed by atoms with Crippen LogP contribution in [0.3, 0.4) is 0 Å². The molecule has 15 heavy (non-hydrogen) atoms. The molecule has 0 saturated carbocycles. The zero-order valence-electron chi connectivity index (χ0n) is 9.16. The average Bonchev–Trinajstić information content (AvgIpc) is 2.75. The number of hydrogen-bond acceptors (Lipinski definition) is 0. The predicted molar refractivity (Wildman–Crippen MR) is 64.8 cm³/mol. The van der Waals surface area contributed by atoms with E-state index in [0.29, 0.717) is 0 Å². The number of aromatic nitrogens is 1. The number of aryl methyl sites for hydroxylation is 1. The van der Waals surface area contributed by atoms with Gasteiger partial charge in [0.1, 0.15) is 0 Å². The molecule has 0 amide bonds. The Morgan fingerprint density at radius 2 is 1.87 bits per heavy atom. The summed E-state index contributed by atoms with van der Waals surface area (Å²) in [4.78, 5) is 3.33. The van der Waals surface area contributed by atoms with E-state index in [9.17, 15) is 0 Å². The van der Waals surface area contributed by atoms with Crippen LogP contribution in [0, 0.1) is 0 Å². The van der Waals surface area contributed by atoms with Crippen molar-refractivity contribution in [2.75, 3.05) is 0 Å². The van der Waals surface area contributed by atoms with Crippen LogP contribution < -0.4 is 0 Å². The molecule has 2 rings (SSSR count). The molecule has 0 atom stereocenters. The first-order valence-corrected chi connectivity index (χ1v) is 5.63. The van der Waals surface area contributed by atoms with Crippen molar-refractivity contribution in [2.24, 2.45) is 0 Å². The van der Waals surface area contributed by atoms with E-state index < -0.39 is 0 Å². The van der Waals surface area contributed by atoms with Crippen LogP contribution in [-0.4, -0.2) is 4.98 Å². The number of benzene rings is 1. The predicted octanol–water partition coefficient (Wildman–Crippen LogP) is 4.02. The third kappa shape index (κ3) is 2.30. The van der Waals surface area contributed by atoms with Gasteiger partial charge in [0, 0.05) is 11.9 Å². The maximum absolute atomic E-state index is 3.33. The van der Waals surface area contributed by atoms with E-state index in [1.54, 1.807) is 0 Å². The molecule has 0 saturated heterocycles. The summed E-state index contributed by atoms with van der Waals surface area (Å²) >= 11 is 0. The Kier molecular flexibility index (Phi) is 3.23. The second-order valence-corrected chi connectivity index (χ2v) is 3.85. The van der Waals surface area contributed by atoms with E-state index in [4.69, 9.17) is 0 Å². The lowest BCUT2D eigenvalue weighted by Gasteiger charge is -2.03. The SMILES string of the molecule is CCCCc1cc[nH]c1-c1ccccc1. The number of aromatic amines is 1. The molecule has 0 aliphatic rings. The lowest BCUT2D eigenvalue weighted by Crippen LogP contribution is -1.86. The number of unbranched alkanes of at least 4 members (excludes halogenated alkanes) is 1. The zero-order chi connectivity index (χ0) is 10.5. The highest BCUT2D eigenvalue weighted by atomic mass is 14.7. The van der Waals surface area contributed by atoms with Crippen LogP contribution in [0.5, 0.6) is 0 Å². The van der Waals surface area contributed by atoms with Crippen LogP contribution >= 0.6 is 0 Å². The normalized spacial score (nSPS) is 10.5. The highest BCUT2D eigenvalue weighted by molar-refractivity contribution is 5.63. The van der Waals surface area contributed by atoms with Crippen molar-refractivity contribution in [3.63, 3.8) is 0 Å². The Bertz CT molecular complexity index is 400. The first-order valence-electron chi connectivity index (χ1n) is 5.63. The van der Waals surface area contributed by atoms with E-state index in [1.807, 2.05) is 6.20 Å². The quantitative estimate of drug-likeness (QED) is 0.765. The van der Waals surface area contributed by atoms with Gasteiger partial charge >= 0.3 is 0 Å². The summed E-state index contributed by atoms with van der Waals surface area (Å²) in [5, 5.41) is 0. The van der Waals surface area contributed by atoms with Gasteiger partial charge < -0.3 is 4.98 Å². The van der Waals surface area contributed by atoms with Gasteiger partial charge in [-0.3, -0.25) is 0 Å². The fourth-order valence-corrected chi connectivity index (χ4v) is 1.85. The van der Waals surface area contributed by atoms with Gasteiger partial charge in [0.25, 0.3) is 0 Å². The van der Waals surface area contributed by atoms with Gasteiger partial charge in [-0.15, -0.1) is 0 Å². The smallest absolute Gasteiger partial charge is 0.0486 e. The van der Waals surface area contributed by atoms with Crippen molar-refractivity contribution in [3.8, 4) is 11.3 Å². The molecule has 1 aromatic heterocycles. The van der Waals surface area contributed by atoms with E-state index in [0.717, 1.165) is 0 Å². The van der Waals surface area contributed by atoms with Crippen LogP contribution in [0.1, 0.15) is 25.3 Å². The highest BCUT2D eigenvalue weighted by Gasteiger charge is 2.04. The van der Waals surface area contributed by atoms with Gasteiger partial charge in [-0.05, 0) is 30.0 Å². The molecule has 0 bridgehead atoms. The van der Waals surface area contributed by atoms with Gasteiger partial charge in [0.15, 0.2) is 0 Å². The van der Waals surface area contributed by atoms with Gasteiger partial charge in [-0.2, -0.15) is 0 Å². The third-order valence-corrected chi connectivity index (χ3v) is 2.70. The summed E-state index contributed by atoms with van der Waals surface area (Å²) < 4.78 is 0. The fourth-order valence-electron chi connectivity index (χ4n) is 1.85. The molecule has 1 heteroatoms. The van der Waals surface area contributed by atoms with Crippen LogP contribution in [0.25, 0.3) is 11.3 Å². The fraction of sp³-hybridized carbons (Fsp3) is 0.286. The maximum Gasteiger partial charge on any atom is 0.0486 e. The maximum atomic E-state index is 3.33. The molecule has 78 valence electrons. The topological polar surface area (TPSA) is 15.8 Å². The van der Waals surface area contributed by atoms with Gasteiger partial charge in [0.2, 0.25) is 0 Å². The minimum atomic E-state index is 1.17. The van der Waals surface area contributed by atoms with Crippen molar-refractivity contribution in [3.05, 3.63) is 48.2 Å². The average molecular weight is 199 g/mol. The van der Waals surface area contributed by atoms with Crippen molar-refractivity contribution in [2.45, 2.75) is 26.2 Å². The molecule has 0 aliphatic carbocycles. The summed E-state index contributed by atoms with van der Waals surface area (Å²) in [5.41, 5.74) is 4.00. The summed E-state index contributed by atoms with van der Waals surface area (Å²) in [6.07, 6.45) is 5.72. The molecule has 0 fully saturated rings. The van der Waals surface area contributed by atoms with Crippen molar-refractivity contribution in [1.82, 2.24) is 4.98 Å². The molecule has 0 aliphatic heterocycles. The lowest BCUT2D eigenvalue weighted by atomic mass is 10.0. The number of H-pyrrole nitrogens is 1. The van der Waals surface area contributed by atoms with E-state index in [-0.39, 0.29) is 0 Å². The Labute approximate surface area is 91.2 Å². The van der Waals surface area contributed by atoms with Crippen LogP contribution in [0.15, 0.2) is 42.6 Å². The summed E-state index contributed by atoms with van der Waals surface area (Å²) in [5.74, 6) is 0. The van der Waals surface area contributed by atoms with E-state index in [1.165, 1.54) is 36.1 Å². The second kappa shape index (κ2) is 4.83. The number of rotatable bonds is 4. The van der Waals surface area contributed by atoms with E-state index >= 15 is 0 Å². The minimum absolute atomic E-state index is 1.17. The highest BCUT2D eigenvalue weighted by Crippen LogP contribution is 2.22. The molecule has 0 unspecified atom stereocenters. The number of nitrogens with one attached hydrogen (secondary N) is 1. The number of hydrogen-bond donors (Lipinski definition) is 1. The Balaban J connectivity index is 2.25. The summed E-state index contributed by atoms with van der Waals surface area (Å²) in [6.45, 7) is 2.23. The third-order valence-electron chi connectivity index (χ3n) is 2.70. The Morgan fingerprint density at radius 1 is 1.07 bits per heavy atom. The van der Waals surface area contributed by atoms with Crippen LogP contribution in [0.2, 0.25) is 0 Å². The minimum Gasteiger partial charge on any atom is -0.361 e. The Hall–Kier alpha value is -1.50. The first-order chi connectivity index (χ1) is 7.42. The Morgan fingerprint density at radius 3 is 2.60 bits per heavy atom. The molecule has 1 aromatic carbocycles.